The third-order valence-electron chi connectivity index (χ3n) is 5.81. The Hall–Kier alpha value is -2.25. The molecule has 172 valence electrons. The van der Waals surface area contributed by atoms with Gasteiger partial charge >= 0.3 is 5.97 Å². The van der Waals surface area contributed by atoms with Gasteiger partial charge in [-0.05, 0) is 62.0 Å². The molecule has 0 aromatic heterocycles. The number of carbonyl (C=O) groups excluding carboxylic acids is 1. The minimum Gasteiger partial charge on any atom is -0.507 e. The molecule has 0 aliphatic heterocycles. The predicted molar refractivity (Wildman–Crippen MR) is 127 cm³/mol. The number of rotatable bonds is 9. The van der Waals surface area contributed by atoms with E-state index in [1.54, 1.807) is 0 Å². The van der Waals surface area contributed by atoms with Crippen LogP contribution >= 0.6 is 0 Å². The first kappa shape index (κ1) is 26.8. The number of aliphatic hydroxyl groups is 1. The summed E-state index contributed by atoms with van der Waals surface area (Å²) in [6.07, 6.45) is 8.91. The van der Waals surface area contributed by atoms with Crippen LogP contribution in [0.1, 0.15) is 83.3 Å². The predicted octanol–water partition coefficient (Wildman–Crippen LogP) is 5.76. The lowest BCUT2D eigenvalue weighted by Crippen LogP contribution is -2.16. The number of ether oxygens (including phenoxy) is 1. The number of allylic oxidation sites excluding steroid dienone is 1. The highest BCUT2D eigenvalue weighted by Gasteiger charge is 2.35. The van der Waals surface area contributed by atoms with Crippen LogP contribution in [0.5, 0.6) is 5.75 Å². The minimum absolute atomic E-state index is 0.00989. The number of aryl methyl sites for hydroxylation is 1. The van der Waals surface area contributed by atoms with Gasteiger partial charge in [0.15, 0.2) is 0 Å². The Morgan fingerprint density at radius 3 is 2.74 bits per heavy atom. The maximum atomic E-state index is 11.3. The van der Waals surface area contributed by atoms with Gasteiger partial charge < -0.3 is 14.9 Å². The molecule has 1 fully saturated rings. The molecule has 4 atom stereocenters. The van der Waals surface area contributed by atoms with Crippen molar-refractivity contribution in [2.45, 2.75) is 84.7 Å². The van der Waals surface area contributed by atoms with E-state index in [0.717, 1.165) is 36.8 Å². The van der Waals surface area contributed by atoms with E-state index in [1.165, 1.54) is 7.11 Å². The number of carbonyl (C=O) groups is 1. The number of methoxy groups -OCH3 is 1. The van der Waals surface area contributed by atoms with Crippen molar-refractivity contribution in [3.8, 4) is 17.6 Å². The van der Waals surface area contributed by atoms with Crippen LogP contribution in [0.3, 0.4) is 0 Å². The first-order valence-electron chi connectivity index (χ1n) is 11.6. The summed E-state index contributed by atoms with van der Waals surface area (Å²) >= 11 is 0. The van der Waals surface area contributed by atoms with E-state index in [4.69, 9.17) is 0 Å². The van der Waals surface area contributed by atoms with E-state index in [1.807, 2.05) is 39.0 Å². The number of phenols is 1. The Balaban J connectivity index is 0.00000233. The summed E-state index contributed by atoms with van der Waals surface area (Å²) in [5.74, 6) is 6.73. The fourth-order valence-corrected chi connectivity index (χ4v) is 4.09. The molecule has 1 aliphatic carbocycles. The highest BCUT2D eigenvalue weighted by molar-refractivity contribution is 5.69. The zero-order valence-corrected chi connectivity index (χ0v) is 19.9. The van der Waals surface area contributed by atoms with Gasteiger partial charge in [0.05, 0.1) is 13.2 Å². The Bertz CT molecular complexity index is 756. The molecule has 1 saturated carbocycles. The monoisotopic (exact) mass is 428 g/mol. The van der Waals surface area contributed by atoms with Gasteiger partial charge in [-0.2, -0.15) is 0 Å². The number of aromatic hydroxyl groups is 1. The van der Waals surface area contributed by atoms with E-state index >= 15 is 0 Å². The average Bonchev–Trinajstić information content (AvgIpc) is 3.14. The second-order valence-electron chi connectivity index (χ2n) is 8.01. The summed E-state index contributed by atoms with van der Waals surface area (Å²) in [6.45, 7) is 8.04. The Morgan fingerprint density at radius 1 is 1.32 bits per heavy atom. The maximum Gasteiger partial charge on any atom is 0.305 e. The third kappa shape index (κ3) is 8.42. The number of hydrogen-bond donors (Lipinski definition) is 2. The van der Waals surface area contributed by atoms with E-state index in [0.29, 0.717) is 30.9 Å². The van der Waals surface area contributed by atoms with Gasteiger partial charge in [0.1, 0.15) is 5.75 Å². The molecule has 31 heavy (non-hydrogen) atoms. The minimum atomic E-state index is -0.385. The summed E-state index contributed by atoms with van der Waals surface area (Å²) in [7, 11) is 1.39. The Labute approximate surface area is 188 Å². The number of hydrogen-bond acceptors (Lipinski definition) is 4. The van der Waals surface area contributed by atoms with Crippen molar-refractivity contribution in [1.82, 2.24) is 0 Å². The van der Waals surface area contributed by atoms with Crippen LogP contribution in [0.15, 0.2) is 30.4 Å². The van der Waals surface area contributed by atoms with Gasteiger partial charge in [-0.3, -0.25) is 4.79 Å². The molecule has 0 saturated heterocycles. The standard InChI is InChI=1S/C25H34O4.C2H6/c1-4-5-9-18(2)10-6-13-21-20(16-17-23(21)26)22-14-7-11-19(25(22)28)12-8-15-24(27)29-3;1-2/h6-7,11,13-14,18,20-21,23,26,28H,8-10,12,15-17H2,1-3H3;1-2H3/b13-6+;/t18?,20-,21?,23+;/m0./s1. The molecule has 0 radical (unpaired) electrons. The van der Waals surface area contributed by atoms with Crippen LogP contribution in [0, 0.1) is 23.7 Å². The number of esters is 1. The molecule has 4 heteroatoms. The number of phenolic OH excluding ortho intramolecular Hbond substituents is 1. The molecule has 0 spiro atoms. The fourth-order valence-electron chi connectivity index (χ4n) is 4.09. The Morgan fingerprint density at radius 2 is 2.06 bits per heavy atom. The van der Waals surface area contributed by atoms with Crippen molar-refractivity contribution < 1.29 is 19.7 Å². The van der Waals surface area contributed by atoms with Crippen molar-refractivity contribution >= 4 is 5.97 Å². The van der Waals surface area contributed by atoms with Crippen molar-refractivity contribution in [3.63, 3.8) is 0 Å². The first-order valence-corrected chi connectivity index (χ1v) is 11.6. The average molecular weight is 429 g/mol. The quantitative estimate of drug-likeness (QED) is 0.298. The largest absolute Gasteiger partial charge is 0.507 e. The van der Waals surface area contributed by atoms with E-state index in [-0.39, 0.29) is 23.9 Å². The summed E-state index contributed by atoms with van der Waals surface area (Å²) in [5, 5.41) is 21.4. The number of aliphatic hydroxyl groups excluding tert-OH is 1. The smallest absolute Gasteiger partial charge is 0.305 e. The highest BCUT2D eigenvalue weighted by atomic mass is 16.5. The molecule has 4 nitrogen and oxygen atoms in total. The number of para-hydroxylation sites is 1. The van der Waals surface area contributed by atoms with Gasteiger partial charge in [0.2, 0.25) is 0 Å². The van der Waals surface area contributed by atoms with Crippen molar-refractivity contribution in [2.24, 2.45) is 11.8 Å². The third-order valence-corrected chi connectivity index (χ3v) is 5.81. The topological polar surface area (TPSA) is 66.8 Å². The van der Waals surface area contributed by atoms with Crippen LogP contribution in [0.2, 0.25) is 0 Å². The van der Waals surface area contributed by atoms with Crippen LogP contribution in [-0.2, 0) is 16.0 Å². The molecule has 2 N–H and O–H groups in total. The Kier molecular flexibility index (Phi) is 12.7. The zero-order valence-electron chi connectivity index (χ0n) is 19.9. The molecule has 0 amide bonds. The van der Waals surface area contributed by atoms with Crippen molar-refractivity contribution in [1.29, 1.82) is 0 Å². The van der Waals surface area contributed by atoms with E-state index in [2.05, 4.69) is 35.7 Å². The normalized spacial score (nSPS) is 21.0. The lowest BCUT2D eigenvalue weighted by molar-refractivity contribution is -0.140. The van der Waals surface area contributed by atoms with Crippen molar-refractivity contribution in [2.75, 3.05) is 7.11 Å². The maximum absolute atomic E-state index is 11.3. The molecular weight excluding hydrogens is 388 g/mol. The molecule has 2 rings (SSSR count). The first-order chi connectivity index (χ1) is 15.0. The van der Waals surface area contributed by atoms with Crippen LogP contribution in [0.4, 0.5) is 0 Å². The molecule has 2 unspecified atom stereocenters. The molecule has 1 aliphatic rings. The summed E-state index contributed by atoms with van der Waals surface area (Å²) in [6, 6.07) is 5.82. The van der Waals surface area contributed by atoms with E-state index in [9.17, 15) is 15.0 Å². The SMILES string of the molecule is CC.CC#CCC(C)C/C=C/C1[C@H](O)CC[C@@H]1c1cccc(CCCC(=O)OC)c1O. The number of benzene rings is 1. The fraction of sp³-hybridized carbons (Fsp3) is 0.593. The molecule has 0 heterocycles. The lowest BCUT2D eigenvalue weighted by Gasteiger charge is -2.21. The van der Waals surface area contributed by atoms with Gasteiger partial charge in [0.25, 0.3) is 0 Å². The van der Waals surface area contributed by atoms with Crippen molar-refractivity contribution in [3.05, 3.63) is 41.5 Å². The van der Waals surface area contributed by atoms with E-state index < -0.39 is 0 Å². The van der Waals surface area contributed by atoms with Gasteiger partial charge in [-0.1, -0.05) is 51.1 Å². The van der Waals surface area contributed by atoms with Gasteiger partial charge in [-0.25, -0.2) is 0 Å². The second kappa shape index (κ2) is 14.7. The molecular formula is C27H40O4. The van der Waals surface area contributed by atoms with Crippen LogP contribution in [0.25, 0.3) is 0 Å². The summed E-state index contributed by atoms with van der Waals surface area (Å²) < 4.78 is 4.68. The summed E-state index contributed by atoms with van der Waals surface area (Å²) in [5.41, 5.74) is 1.75. The summed E-state index contributed by atoms with van der Waals surface area (Å²) in [4.78, 5) is 11.3. The van der Waals surface area contributed by atoms with Crippen LogP contribution in [-0.4, -0.2) is 29.4 Å². The lowest BCUT2D eigenvalue weighted by atomic mass is 9.85. The second-order valence-corrected chi connectivity index (χ2v) is 8.01. The van der Waals surface area contributed by atoms with Gasteiger partial charge in [-0.15, -0.1) is 11.8 Å². The highest BCUT2D eigenvalue weighted by Crippen LogP contribution is 2.44. The molecule has 0 bridgehead atoms. The zero-order chi connectivity index (χ0) is 23.2. The van der Waals surface area contributed by atoms with Crippen LogP contribution < -0.4 is 0 Å². The van der Waals surface area contributed by atoms with Gasteiger partial charge in [0, 0.05) is 18.8 Å². The molecule has 1 aromatic rings. The molecule has 1 aromatic carbocycles.